The van der Waals surface area contributed by atoms with Gasteiger partial charge in [0.2, 0.25) is 0 Å². The first-order valence-electron chi connectivity index (χ1n) is 6.10. The van der Waals surface area contributed by atoms with E-state index < -0.39 is 0 Å². The second-order valence-corrected chi connectivity index (χ2v) is 5.43. The van der Waals surface area contributed by atoms with Crippen molar-refractivity contribution < 1.29 is 5.11 Å². The normalized spacial score (nSPS) is 19.9. The SMILES string of the molecule is NC(=S)c1ccc(Cl)cc1N1CCCCC1CO. The lowest BCUT2D eigenvalue weighted by atomic mass is 10.0. The Hall–Kier alpha value is -0.840. The minimum atomic E-state index is 0.130. The Morgan fingerprint density at radius 2 is 2.28 bits per heavy atom. The van der Waals surface area contributed by atoms with Gasteiger partial charge in [-0.05, 0) is 37.5 Å². The quantitative estimate of drug-likeness (QED) is 0.837. The van der Waals surface area contributed by atoms with Crippen molar-refractivity contribution >= 4 is 34.5 Å². The second kappa shape index (κ2) is 5.87. The van der Waals surface area contributed by atoms with Crippen LogP contribution in [0, 0.1) is 0 Å². The molecule has 1 fully saturated rings. The molecule has 1 unspecified atom stereocenters. The van der Waals surface area contributed by atoms with Gasteiger partial charge in [-0.2, -0.15) is 0 Å². The topological polar surface area (TPSA) is 49.5 Å². The van der Waals surface area contributed by atoms with E-state index in [1.807, 2.05) is 12.1 Å². The number of aliphatic hydroxyl groups is 1. The maximum absolute atomic E-state index is 9.48. The minimum absolute atomic E-state index is 0.130. The number of thiocarbonyl (C=S) groups is 1. The molecule has 0 bridgehead atoms. The summed E-state index contributed by atoms with van der Waals surface area (Å²) in [5.74, 6) is 0. The molecule has 1 aromatic rings. The van der Waals surface area contributed by atoms with Crippen molar-refractivity contribution in [1.29, 1.82) is 0 Å². The van der Waals surface area contributed by atoms with Crippen LogP contribution in [-0.2, 0) is 0 Å². The Balaban J connectivity index is 2.41. The van der Waals surface area contributed by atoms with Crippen molar-refractivity contribution in [2.75, 3.05) is 18.1 Å². The monoisotopic (exact) mass is 284 g/mol. The van der Waals surface area contributed by atoms with Crippen LogP contribution in [0.5, 0.6) is 0 Å². The maximum Gasteiger partial charge on any atom is 0.106 e. The van der Waals surface area contributed by atoms with Crippen LogP contribution in [0.4, 0.5) is 5.69 Å². The molecule has 0 aromatic heterocycles. The Labute approximate surface area is 118 Å². The highest BCUT2D eigenvalue weighted by Crippen LogP contribution is 2.30. The van der Waals surface area contributed by atoms with Crippen molar-refractivity contribution in [1.82, 2.24) is 0 Å². The number of hydrogen-bond acceptors (Lipinski definition) is 3. The third-order valence-corrected chi connectivity index (χ3v) is 3.83. The molecule has 1 saturated heterocycles. The molecule has 3 N–H and O–H groups in total. The van der Waals surface area contributed by atoms with Gasteiger partial charge in [0.05, 0.1) is 12.6 Å². The summed E-state index contributed by atoms with van der Waals surface area (Å²) in [6.45, 7) is 1.05. The zero-order valence-electron chi connectivity index (χ0n) is 10.1. The van der Waals surface area contributed by atoms with E-state index in [4.69, 9.17) is 29.6 Å². The summed E-state index contributed by atoms with van der Waals surface area (Å²) in [6, 6.07) is 5.65. The molecular formula is C13H17ClN2OS. The summed E-state index contributed by atoms with van der Waals surface area (Å²) in [4.78, 5) is 2.54. The van der Waals surface area contributed by atoms with Crippen LogP contribution in [0.1, 0.15) is 24.8 Å². The predicted molar refractivity (Wildman–Crippen MR) is 79.4 cm³/mol. The zero-order valence-corrected chi connectivity index (χ0v) is 11.7. The molecule has 98 valence electrons. The van der Waals surface area contributed by atoms with Gasteiger partial charge in [-0.25, -0.2) is 0 Å². The number of halogens is 1. The molecule has 18 heavy (non-hydrogen) atoms. The molecule has 1 aliphatic rings. The number of benzene rings is 1. The fourth-order valence-corrected chi connectivity index (χ4v) is 2.80. The van der Waals surface area contributed by atoms with Crippen LogP contribution >= 0.6 is 23.8 Å². The number of hydrogen-bond donors (Lipinski definition) is 2. The van der Waals surface area contributed by atoms with Crippen LogP contribution in [-0.4, -0.2) is 29.3 Å². The van der Waals surface area contributed by atoms with Gasteiger partial charge in [0.25, 0.3) is 0 Å². The molecular weight excluding hydrogens is 268 g/mol. The van der Waals surface area contributed by atoms with E-state index in [1.54, 1.807) is 6.07 Å². The zero-order chi connectivity index (χ0) is 13.1. The van der Waals surface area contributed by atoms with Gasteiger partial charge in [0.15, 0.2) is 0 Å². The van der Waals surface area contributed by atoms with Crippen molar-refractivity contribution in [2.45, 2.75) is 25.3 Å². The number of anilines is 1. The summed E-state index contributed by atoms with van der Waals surface area (Å²) < 4.78 is 0. The molecule has 1 aliphatic heterocycles. The predicted octanol–water partition coefficient (Wildman–Crippen LogP) is 2.33. The first-order chi connectivity index (χ1) is 8.63. The summed E-state index contributed by atoms with van der Waals surface area (Å²) in [5, 5.41) is 10.1. The first-order valence-corrected chi connectivity index (χ1v) is 6.89. The Morgan fingerprint density at radius 3 is 2.94 bits per heavy atom. The Kier molecular flexibility index (Phi) is 4.43. The molecule has 5 heteroatoms. The molecule has 2 rings (SSSR count). The molecule has 0 aliphatic carbocycles. The Bertz CT molecular complexity index is 453. The summed E-state index contributed by atoms with van der Waals surface area (Å²) in [6.07, 6.45) is 3.24. The van der Waals surface area contributed by atoms with Gasteiger partial charge < -0.3 is 15.7 Å². The maximum atomic E-state index is 9.48. The van der Waals surface area contributed by atoms with Gasteiger partial charge in [-0.1, -0.05) is 23.8 Å². The van der Waals surface area contributed by atoms with Gasteiger partial charge in [-0.3, -0.25) is 0 Å². The number of nitrogens with two attached hydrogens (primary N) is 1. The molecule has 0 radical (unpaired) electrons. The van der Waals surface area contributed by atoms with Crippen LogP contribution in [0.3, 0.4) is 0 Å². The average Bonchev–Trinajstić information content (AvgIpc) is 2.38. The highest BCUT2D eigenvalue weighted by molar-refractivity contribution is 7.80. The standard InChI is InChI=1S/C13H17ClN2OS/c14-9-4-5-11(13(15)18)12(7-9)16-6-2-1-3-10(16)8-17/h4-5,7,10,17H,1-3,6,8H2,(H2,15,18). The minimum Gasteiger partial charge on any atom is -0.394 e. The van der Waals surface area contributed by atoms with Gasteiger partial charge in [0, 0.05) is 22.8 Å². The van der Waals surface area contributed by atoms with Crippen LogP contribution in [0.2, 0.25) is 5.02 Å². The molecule has 1 atom stereocenters. The highest BCUT2D eigenvalue weighted by atomic mass is 35.5. The number of rotatable bonds is 3. The van der Waals surface area contributed by atoms with Crippen LogP contribution in [0.25, 0.3) is 0 Å². The number of nitrogens with zero attached hydrogens (tertiary/aromatic N) is 1. The number of aliphatic hydroxyl groups excluding tert-OH is 1. The molecule has 1 aromatic carbocycles. The largest absolute Gasteiger partial charge is 0.394 e. The summed E-state index contributed by atoms with van der Waals surface area (Å²) in [5.41, 5.74) is 7.52. The number of piperidine rings is 1. The fraction of sp³-hybridized carbons (Fsp3) is 0.462. The molecule has 0 spiro atoms. The fourth-order valence-electron chi connectivity index (χ4n) is 2.46. The third-order valence-electron chi connectivity index (χ3n) is 3.37. The van der Waals surface area contributed by atoms with E-state index in [0.29, 0.717) is 10.0 Å². The summed E-state index contributed by atoms with van der Waals surface area (Å²) >= 11 is 11.1. The molecule has 1 heterocycles. The van der Waals surface area contributed by atoms with Crippen molar-refractivity contribution in [2.24, 2.45) is 5.73 Å². The summed E-state index contributed by atoms with van der Waals surface area (Å²) in [7, 11) is 0. The van der Waals surface area contributed by atoms with Crippen LogP contribution < -0.4 is 10.6 Å². The lowest BCUT2D eigenvalue weighted by Gasteiger charge is -2.37. The van der Waals surface area contributed by atoms with Gasteiger partial charge >= 0.3 is 0 Å². The smallest absolute Gasteiger partial charge is 0.106 e. The average molecular weight is 285 g/mol. The van der Waals surface area contributed by atoms with E-state index >= 15 is 0 Å². The molecule has 0 amide bonds. The van der Waals surface area contributed by atoms with Gasteiger partial charge in [-0.15, -0.1) is 0 Å². The Morgan fingerprint density at radius 1 is 1.50 bits per heavy atom. The van der Waals surface area contributed by atoms with E-state index in [2.05, 4.69) is 4.90 Å². The van der Waals surface area contributed by atoms with Crippen LogP contribution in [0.15, 0.2) is 18.2 Å². The lowest BCUT2D eigenvalue weighted by Crippen LogP contribution is -2.42. The van der Waals surface area contributed by atoms with Gasteiger partial charge in [0.1, 0.15) is 4.99 Å². The molecule has 3 nitrogen and oxygen atoms in total. The third kappa shape index (κ3) is 2.76. The van der Waals surface area contributed by atoms with E-state index in [9.17, 15) is 5.11 Å². The molecule has 0 saturated carbocycles. The highest BCUT2D eigenvalue weighted by Gasteiger charge is 2.24. The lowest BCUT2D eigenvalue weighted by molar-refractivity contribution is 0.240. The van der Waals surface area contributed by atoms with E-state index in [0.717, 1.165) is 37.1 Å². The van der Waals surface area contributed by atoms with E-state index in [-0.39, 0.29) is 12.6 Å². The van der Waals surface area contributed by atoms with Crippen molar-refractivity contribution in [3.8, 4) is 0 Å². The van der Waals surface area contributed by atoms with Crippen molar-refractivity contribution in [3.63, 3.8) is 0 Å². The second-order valence-electron chi connectivity index (χ2n) is 4.55. The first kappa shape index (κ1) is 13.6. The van der Waals surface area contributed by atoms with E-state index in [1.165, 1.54) is 0 Å². The van der Waals surface area contributed by atoms with Crippen molar-refractivity contribution in [3.05, 3.63) is 28.8 Å².